The van der Waals surface area contributed by atoms with Gasteiger partial charge >= 0.3 is 0 Å². The number of carbonyl (C=O) groups is 1. The van der Waals surface area contributed by atoms with Crippen molar-refractivity contribution in [2.24, 2.45) is 0 Å². The molecule has 0 N–H and O–H groups in total. The number of nitriles is 1. The first-order chi connectivity index (χ1) is 17.5. The highest BCUT2D eigenvalue weighted by Gasteiger charge is 2.23. The molecule has 4 rings (SSSR count). The molecule has 5 nitrogen and oxygen atoms in total. The van der Waals surface area contributed by atoms with Crippen LogP contribution < -0.4 is 4.90 Å². The van der Waals surface area contributed by atoms with Gasteiger partial charge in [0.25, 0.3) is 0 Å². The standard InChI is InChI=1S/C15H15N3.C14H21NO.C2H6/c1-11-17-10-14-3-2-4-15(18(11)14)13-7-5-12(9-16)6-8-13;1-4-7-14(16)15(10-5-2)13-9-6-8-12(3)11-13;1-2/h5-8,10,15H,2-4H2,1H3;6,8-9,11H,4-5,7,10H2,1-3H3;1-2H3. The Hall–Kier alpha value is -3.39. The molecule has 1 aromatic heterocycles. The molecule has 0 spiro atoms. The Balaban J connectivity index is 0.000000239. The summed E-state index contributed by atoms with van der Waals surface area (Å²) in [7, 11) is 0. The maximum Gasteiger partial charge on any atom is 0.226 e. The molecule has 0 saturated carbocycles. The topological polar surface area (TPSA) is 61.9 Å². The normalized spacial score (nSPS) is 13.8. The highest BCUT2D eigenvalue weighted by Crippen LogP contribution is 2.31. The quantitative estimate of drug-likeness (QED) is 0.361. The van der Waals surface area contributed by atoms with E-state index in [-0.39, 0.29) is 5.91 Å². The zero-order chi connectivity index (χ0) is 26.5. The van der Waals surface area contributed by atoms with E-state index in [1.54, 1.807) is 0 Å². The van der Waals surface area contributed by atoms with Crippen molar-refractivity contribution in [3.63, 3.8) is 0 Å². The second-order valence-electron chi connectivity index (χ2n) is 8.94. The van der Waals surface area contributed by atoms with Gasteiger partial charge in [-0.2, -0.15) is 5.26 Å². The van der Waals surface area contributed by atoms with Gasteiger partial charge in [0, 0.05) is 30.5 Å². The van der Waals surface area contributed by atoms with Gasteiger partial charge in [-0.15, -0.1) is 0 Å². The minimum Gasteiger partial charge on any atom is -0.325 e. The number of carbonyl (C=O) groups excluding carboxylic acids is 1. The van der Waals surface area contributed by atoms with E-state index in [4.69, 9.17) is 5.26 Å². The average Bonchev–Trinajstić information content (AvgIpc) is 3.30. The highest BCUT2D eigenvalue weighted by atomic mass is 16.2. The lowest BCUT2D eigenvalue weighted by Gasteiger charge is -2.27. The van der Waals surface area contributed by atoms with Crippen LogP contribution in [0.15, 0.2) is 54.7 Å². The molecule has 2 aromatic carbocycles. The largest absolute Gasteiger partial charge is 0.325 e. The molecule has 0 radical (unpaired) electrons. The van der Waals surface area contributed by atoms with Crippen molar-refractivity contribution in [1.29, 1.82) is 5.26 Å². The monoisotopic (exact) mass is 486 g/mol. The van der Waals surface area contributed by atoms with Crippen LogP contribution in [0, 0.1) is 25.2 Å². The van der Waals surface area contributed by atoms with Gasteiger partial charge in [0.1, 0.15) is 5.82 Å². The van der Waals surface area contributed by atoms with Crippen LogP contribution in [0.1, 0.15) is 94.0 Å². The van der Waals surface area contributed by atoms with Crippen LogP contribution in [0.4, 0.5) is 5.69 Å². The van der Waals surface area contributed by atoms with Crippen molar-refractivity contribution < 1.29 is 4.79 Å². The van der Waals surface area contributed by atoms with E-state index in [0.717, 1.165) is 49.3 Å². The summed E-state index contributed by atoms with van der Waals surface area (Å²) in [5, 5.41) is 8.84. The van der Waals surface area contributed by atoms with Crippen LogP contribution in [0.3, 0.4) is 0 Å². The number of nitrogens with zero attached hydrogens (tertiary/aromatic N) is 4. The van der Waals surface area contributed by atoms with Gasteiger partial charge in [-0.1, -0.05) is 52.0 Å². The van der Waals surface area contributed by atoms with Crippen molar-refractivity contribution in [3.8, 4) is 6.07 Å². The first kappa shape index (κ1) is 28.8. The summed E-state index contributed by atoms with van der Waals surface area (Å²) in [6.07, 6.45) is 7.99. The minimum absolute atomic E-state index is 0.231. The summed E-state index contributed by atoms with van der Waals surface area (Å²) in [6, 6.07) is 18.6. The Morgan fingerprint density at radius 2 is 1.83 bits per heavy atom. The summed E-state index contributed by atoms with van der Waals surface area (Å²) in [6.45, 7) is 13.1. The summed E-state index contributed by atoms with van der Waals surface area (Å²) in [5.41, 5.74) is 5.55. The summed E-state index contributed by atoms with van der Waals surface area (Å²) in [4.78, 5) is 18.3. The number of aromatic nitrogens is 2. The predicted octanol–water partition coefficient (Wildman–Crippen LogP) is 7.55. The van der Waals surface area contributed by atoms with Crippen molar-refractivity contribution in [2.45, 2.75) is 86.1 Å². The fraction of sp³-hybridized carbons (Fsp3) is 0.452. The maximum absolute atomic E-state index is 12.0. The van der Waals surface area contributed by atoms with Gasteiger partial charge in [0.15, 0.2) is 0 Å². The molecule has 0 aliphatic carbocycles. The fourth-order valence-electron chi connectivity index (χ4n) is 4.58. The van der Waals surface area contributed by atoms with Crippen molar-refractivity contribution >= 4 is 11.6 Å². The second-order valence-corrected chi connectivity index (χ2v) is 8.94. The van der Waals surface area contributed by atoms with Crippen LogP contribution in [-0.4, -0.2) is 22.0 Å². The third-order valence-electron chi connectivity index (χ3n) is 6.23. The van der Waals surface area contributed by atoms with E-state index in [2.05, 4.69) is 60.7 Å². The number of hydrogen-bond acceptors (Lipinski definition) is 3. The Labute approximate surface area is 217 Å². The third kappa shape index (κ3) is 7.55. The smallest absolute Gasteiger partial charge is 0.226 e. The van der Waals surface area contributed by atoms with E-state index in [9.17, 15) is 4.79 Å². The van der Waals surface area contributed by atoms with Crippen LogP contribution >= 0.6 is 0 Å². The molecule has 192 valence electrons. The zero-order valence-electron chi connectivity index (χ0n) is 22.9. The first-order valence-corrected chi connectivity index (χ1v) is 13.4. The number of benzene rings is 2. The number of amides is 1. The molecule has 0 saturated heterocycles. The minimum atomic E-state index is 0.231. The number of hydrogen-bond donors (Lipinski definition) is 0. The number of imidazole rings is 1. The van der Waals surface area contributed by atoms with Crippen LogP contribution in [0.2, 0.25) is 0 Å². The SMILES string of the molecule is CC.CCCC(=O)N(CCC)c1cccc(C)c1.Cc1ncc2n1C(c1ccc(C#N)cc1)CCC2. The van der Waals surface area contributed by atoms with E-state index in [0.29, 0.717) is 12.5 Å². The number of rotatable bonds is 6. The van der Waals surface area contributed by atoms with Gasteiger partial charge in [-0.05, 0) is 81.3 Å². The molecule has 0 fully saturated rings. The molecular weight excluding hydrogens is 444 g/mol. The molecule has 2 heterocycles. The molecule has 1 aliphatic rings. The second kappa shape index (κ2) is 14.9. The molecule has 0 bridgehead atoms. The van der Waals surface area contributed by atoms with E-state index < -0.39 is 0 Å². The van der Waals surface area contributed by atoms with Gasteiger partial charge in [-0.3, -0.25) is 4.79 Å². The van der Waals surface area contributed by atoms with Crippen molar-refractivity contribution in [1.82, 2.24) is 9.55 Å². The molecule has 5 heteroatoms. The van der Waals surface area contributed by atoms with Crippen molar-refractivity contribution in [3.05, 3.63) is 82.9 Å². The lowest BCUT2D eigenvalue weighted by Crippen LogP contribution is -2.31. The Bertz CT molecular complexity index is 1120. The van der Waals surface area contributed by atoms with Gasteiger partial charge < -0.3 is 9.47 Å². The number of fused-ring (bicyclic) bond motifs is 1. The van der Waals surface area contributed by atoms with E-state index in [1.807, 2.05) is 56.1 Å². The van der Waals surface area contributed by atoms with Gasteiger partial charge in [0.05, 0.1) is 17.7 Å². The Kier molecular flexibility index (Phi) is 11.9. The third-order valence-corrected chi connectivity index (χ3v) is 6.23. The van der Waals surface area contributed by atoms with Crippen LogP contribution in [0.25, 0.3) is 0 Å². The predicted molar refractivity (Wildman–Crippen MR) is 149 cm³/mol. The summed E-state index contributed by atoms with van der Waals surface area (Å²) in [5.74, 6) is 1.31. The lowest BCUT2D eigenvalue weighted by molar-refractivity contribution is -0.118. The molecule has 1 amide bonds. The van der Waals surface area contributed by atoms with Crippen LogP contribution in [-0.2, 0) is 11.2 Å². The van der Waals surface area contributed by atoms with Crippen molar-refractivity contribution in [2.75, 3.05) is 11.4 Å². The average molecular weight is 487 g/mol. The first-order valence-electron chi connectivity index (χ1n) is 13.4. The molecule has 3 aromatic rings. The van der Waals surface area contributed by atoms with Gasteiger partial charge in [-0.25, -0.2) is 4.98 Å². The molecule has 36 heavy (non-hydrogen) atoms. The number of anilines is 1. The molecular formula is C31H42N4O. The maximum atomic E-state index is 12.0. The molecule has 1 aliphatic heterocycles. The van der Waals surface area contributed by atoms with Gasteiger partial charge in [0.2, 0.25) is 5.91 Å². The summed E-state index contributed by atoms with van der Waals surface area (Å²) < 4.78 is 2.34. The number of aryl methyl sites for hydroxylation is 3. The Morgan fingerprint density at radius 1 is 1.11 bits per heavy atom. The van der Waals surface area contributed by atoms with Crippen LogP contribution in [0.5, 0.6) is 0 Å². The zero-order valence-corrected chi connectivity index (χ0v) is 22.9. The van der Waals surface area contributed by atoms with E-state index in [1.165, 1.54) is 23.2 Å². The van der Waals surface area contributed by atoms with E-state index >= 15 is 0 Å². The molecule has 1 unspecified atom stereocenters. The lowest BCUT2D eigenvalue weighted by atomic mass is 9.95. The fourth-order valence-corrected chi connectivity index (χ4v) is 4.58. The Morgan fingerprint density at radius 3 is 2.44 bits per heavy atom. The highest BCUT2D eigenvalue weighted by molar-refractivity contribution is 5.93. The summed E-state index contributed by atoms with van der Waals surface area (Å²) >= 11 is 0. The molecule has 1 atom stereocenters.